The molecule has 7 nitrogen and oxygen atoms in total. The molecule has 0 aliphatic heterocycles. The first-order valence-corrected chi connectivity index (χ1v) is 12.2. The molecule has 1 aromatic rings. The van der Waals surface area contributed by atoms with Crippen molar-refractivity contribution in [3.05, 3.63) is 17.7 Å². The molecule has 1 aliphatic rings. The highest BCUT2D eigenvalue weighted by Gasteiger charge is 2.23. The second-order valence-electron chi connectivity index (χ2n) is 8.34. The zero-order chi connectivity index (χ0) is 23.2. The number of hydrogen-bond acceptors (Lipinski definition) is 7. The van der Waals surface area contributed by atoms with Crippen LogP contribution in [-0.2, 0) is 14.3 Å². The van der Waals surface area contributed by atoms with Crippen molar-refractivity contribution < 1.29 is 28.5 Å². The molecule has 0 heterocycles. The van der Waals surface area contributed by atoms with E-state index in [9.17, 15) is 4.79 Å². The van der Waals surface area contributed by atoms with Crippen molar-refractivity contribution in [3.63, 3.8) is 0 Å². The number of benzene rings is 1. The number of aryl methyl sites for hydroxylation is 1. The standard InChI is InChI=1S/C24H40NO6P/c1-19-16-20(27-2)23(21(17-19)28-3)31-22(26)18-30-15-14-29-13-12-25-24(32)10-8-6-4-5-7-9-11-24/h16-17,25H,4-15,18,32H2,1-3H3. The van der Waals surface area contributed by atoms with Crippen molar-refractivity contribution in [3.8, 4) is 17.2 Å². The third-order valence-electron chi connectivity index (χ3n) is 5.63. The third-order valence-corrected chi connectivity index (χ3v) is 6.41. The van der Waals surface area contributed by atoms with Gasteiger partial charge in [0, 0.05) is 11.8 Å². The number of hydrogen-bond donors (Lipinski definition) is 1. The Labute approximate surface area is 195 Å². The van der Waals surface area contributed by atoms with Crippen LogP contribution in [0.5, 0.6) is 17.2 Å². The first kappa shape index (κ1) is 26.8. The lowest BCUT2D eigenvalue weighted by molar-refractivity contribution is -0.140. The highest BCUT2D eigenvalue weighted by Crippen LogP contribution is 2.38. The van der Waals surface area contributed by atoms with Crippen LogP contribution in [0.2, 0.25) is 0 Å². The van der Waals surface area contributed by atoms with E-state index in [1.54, 1.807) is 12.1 Å². The average Bonchev–Trinajstić information content (AvgIpc) is 2.88. The van der Waals surface area contributed by atoms with Crippen LogP contribution in [-0.4, -0.2) is 58.4 Å². The SMILES string of the molecule is COc1cc(C)cc(OC)c1OC(=O)COCCOCCNC1(P)CCCCCCCC1. The molecule has 1 unspecified atom stereocenters. The van der Waals surface area contributed by atoms with Crippen molar-refractivity contribution in [2.45, 2.75) is 63.6 Å². The topological polar surface area (TPSA) is 75.3 Å². The van der Waals surface area contributed by atoms with Gasteiger partial charge in [0.1, 0.15) is 6.61 Å². The zero-order valence-electron chi connectivity index (χ0n) is 19.9. The minimum absolute atomic E-state index is 0.131. The van der Waals surface area contributed by atoms with Gasteiger partial charge in [0.15, 0.2) is 11.5 Å². The molecule has 1 N–H and O–H groups in total. The predicted molar refractivity (Wildman–Crippen MR) is 129 cm³/mol. The molecule has 32 heavy (non-hydrogen) atoms. The lowest BCUT2D eigenvalue weighted by Gasteiger charge is -2.30. The van der Waals surface area contributed by atoms with Gasteiger partial charge in [-0.25, -0.2) is 4.79 Å². The second-order valence-corrected chi connectivity index (χ2v) is 9.45. The molecular weight excluding hydrogens is 429 g/mol. The smallest absolute Gasteiger partial charge is 0.337 e. The fourth-order valence-corrected chi connectivity index (χ4v) is 4.44. The summed E-state index contributed by atoms with van der Waals surface area (Å²) in [6.45, 7) is 3.91. The molecule has 182 valence electrons. The summed E-state index contributed by atoms with van der Waals surface area (Å²) in [5, 5.41) is 3.79. The van der Waals surface area contributed by atoms with Crippen LogP contribution in [0.3, 0.4) is 0 Å². The van der Waals surface area contributed by atoms with Crippen LogP contribution >= 0.6 is 9.24 Å². The molecular formula is C24H40NO6P. The second kappa shape index (κ2) is 14.7. The molecule has 0 radical (unpaired) electrons. The molecule has 1 aromatic carbocycles. The third kappa shape index (κ3) is 9.62. The van der Waals surface area contributed by atoms with Crippen LogP contribution in [0.1, 0.15) is 56.9 Å². The summed E-state index contributed by atoms with van der Waals surface area (Å²) in [4.78, 5) is 12.1. The van der Waals surface area contributed by atoms with Gasteiger partial charge < -0.3 is 29.0 Å². The van der Waals surface area contributed by atoms with Crippen molar-refractivity contribution in [1.82, 2.24) is 5.32 Å². The number of esters is 1. The number of methoxy groups -OCH3 is 2. The summed E-state index contributed by atoms with van der Waals surface area (Å²) in [7, 11) is 6.08. The Balaban J connectivity index is 1.60. The first-order chi connectivity index (χ1) is 15.5. The van der Waals surface area contributed by atoms with Crippen LogP contribution in [0.4, 0.5) is 0 Å². The van der Waals surface area contributed by atoms with Gasteiger partial charge in [-0.05, 0) is 37.5 Å². The van der Waals surface area contributed by atoms with Gasteiger partial charge in [0.05, 0.1) is 34.0 Å². The van der Waals surface area contributed by atoms with Gasteiger partial charge in [-0.1, -0.05) is 38.5 Å². The lowest BCUT2D eigenvalue weighted by atomic mass is 10.0. The maximum absolute atomic E-state index is 12.1. The Morgan fingerprint density at radius 2 is 1.50 bits per heavy atom. The van der Waals surface area contributed by atoms with Crippen molar-refractivity contribution in [1.29, 1.82) is 0 Å². The Kier molecular flexibility index (Phi) is 12.3. The molecule has 8 heteroatoms. The molecule has 0 amide bonds. The zero-order valence-corrected chi connectivity index (χ0v) is 21.0. The number of ether oxygens (including phenoxy) is 5. The van der Waals surface area contributed by atoms with Gasteiger partial charge in [0.2, 0.25) is 5.75 Å². The molecule has 2 rings (SSSR count). The van der Waals surface area contributed by atoms with E-state index in [4.69, 9.17) is 23.7 Å². The Morgan fingerprint density at radius 3 is 2.09 bits per heavy atom. The van der Waals surface area contributed by atoms with Gasteiger partial charge in [-0.2, -0.15) is 0 Å². The molecule has 0 aromatic heterocycles. The van der Waals surface area contributed by atoms with E-state index in [2.05, 4.69) is 14.6 Å². The van der Waals surface area contributed by atoms with E-state index in [0.717, 1.165) is 12.1 Å². The summed E-state index contributed by atoms with van der Waals surface area (Å²) < 4.78 is 27.0. The van der Waals surface area contributed by atoms with Crippen LogP contribution in [0, 0.1) is 6.92 Å². The van der Waals surface area contributed by atoms with E-state index >= 15 is 0 Å². The minimum atomic E-state index is -0.516. The van der Waals surface area contributed by atoms with Crippen molar-refractivity contribution in [2.75, 3.05) is 47.2 Å². The molecule has 0 bridgehead atoms. The predicted octanol–water partition coefficient (Wildman–Crippen LogP) is 4.25. The van der Waals surface area contributed by atoms with Crippen LogP contribution < -0.4 is 19.5 Å². The number of carbonyl (C=O) groups is 1. The van der Waals surface area contributed by atoms with E-state index in [1.165, 1.54) is 65.6 Å². The van der Waals surface area contributed by atoms with E-state index in [0.29, 0.717) is 31.3 Å². The molecule has 0 spiro atoms. The summed E-state index contributed by atoms with van der Waals surface area (Å²) in [6, 6.07) is 3.57. The summed E-state index contributed by atoms with van der Waals surface area (Å²) in [5.74, 6) is 0.626. The Bertz CT molecular complexity index is 664. The quantitative estimate of drug-likeness (QED) is 0.212. The van der Waals surface area contributed by atoms with Gasteiger partial charge in [-0.3, -0.25) is 0 Å². The van der Waals surface area contributed by atoms with Crippen LogP contribution in [0.15, 0.2) is 12.1 Å². The van der Waals surface area contributed by atoms with E-state index < -0.39 is 5.97 Å². The maximum Gasteiger partial charge on any atom is 0.337 e. The summed E-state index contributed by atoms with van der Waals surface area (Å²) >= 11 is 0. The van der Waals surface area contributed by atoms with E-state index in [-0.39, 0.29) is 17.6 Å². The summed E-state index contributed by atoms with van der Waals surface area (Å²) in [5.41, 5.74) is 0.944. The fourth-order valence-electron chi connectivity index (χ4n) is 3.89. The monoisotopic (exact) mass is 469 g/mol. The van der Waals surface area contributed by atoms with Gasteiger partial charge in [-0.15, -0.1) is 9.24 Å². The van der Waals surface area contributed by atoms with Crippen molar-refractivity contribution >= 4 is 15.2 Å². The molecule has 0 saturated heterocycles. The highest BCUT2D eigenvalue weighted by atomic mass is 31.0. The average molecular weight is 470 g/mol. The molecule has 1 fully saturated rings. The number of carbonyl (C=O) groups excluding carboxylic acids is 1. The van der Waals surface area contributed by atoms with E-state index in [1.807, 2.05) is 6.92 Å². The molecule has 1 atom stereocenters. The number of nitrogens with one attached hydrogen (secondary N) is 1. The van der Waals surface area contributed by atoms with Gasteiger partial charge in [0.25, 0.3) is 0 Å². The lowest BCUT2D eigenvalue weighted by Crippen LogP contribution is -2.41. The Morgan fingerprint density at radius 1 is 0.938 bits per heavy atom. The highest BCUT2D eigenvalue weighted by molar-refractivity contribution is 7.18. The van der Waals surface area contributed by atoms with Gasteiger partial charge >= 0.3 is 5.97 Å². The minimum Gasteiger partial charge on any atom is -0.493 e. The summed E-state index contributed by atoms with van der Waals surface area (Å²) in [6.07, 6.45) is 10.3. The van der Waals surface area contributed by atoms with Crippen molar-refractivity contribution in [2.24, 2.45) is 0 Å². The molecule has 1 saturated carbocycles. The Hall–Kier alpha value is -1.40. The van der Waals surface area contributed by atoms with Crippen LogP contribution in [0.25, 0.3) is 0 Å². The molecule has 1 aliphatic carbocycles. The fraction of sp³-hybridized carbons (Fsp3) is 0.708. The largest absolute Gasteiger partial charge is 0.493 e. The normalized spacial score (nSPS) is 16.5. The maximum atomic E-state index is 12.1. The first-order valence-electron chi connectivity index (χ1n) is 11.6. The number of rotatable bonds is 12.